The highest BCUT2D eigenvalue weighted by atomic mass is 16.6. The van der Waals surface area contributed by atoms with Crippen molar-refractivity contribution in [2.45, 2.75) is 341 Å². The summed E-state index contributed by atoms with van der Waals surface area (Å²) in [4.78, 5) is 38.2. The third-order valence-corrected chi connectivity index (χ3v) is 14.8. The van der Waals surface area contributed by atoms with Crippen molar-refractivity contribution in [1.82, 2.24) is 0 Å². The van der Waals surface area contributed by atoms with Gasteiger partial charge in [0.25, 0.3) is 0 Å². The van der Waals surface area contributed by atoms with E-state index in [0.717, 1.165) is 109 Å². The lowest BCUT2D eigenvalue weighted by molar-refractivity contribution is -0.167. The zero-order valence-electron chi connectivity index (χ0n) is 52.8. The molecular weight excluding hydrogens is 985 g/mol. The van der Waals surface area contributed by atoms with Gasteiger partial charge in [0.05, 0.1) is 0 Å². The van der Waals surface area contributed by atoms with Crippen LogP contribution in [0.25, 0.3) is 0 Å². The average Bonchev–Trinajstić information content (AvgIpc) is 3.46. The molecule has 0 aromatic rings. The first kappa shape index (κ1) is 76.3. The van der Waals surface area contributed by atoms with Gasteiger partial charge in [-0.15, -0.1) is 0 Å². The average molecular weight is 1110 g/mol. The minimum atomic E-state index is -0.782. The highest BCUT2D eigenvalue weighted by Gasteiger charge is 2.19. The lowest BCUT2D eigenvalue weighted by Gasteiger charge is -2.18. The van der Waals surface area contributed by atoms with Gasteiger partial charge in [0.15, 0.2) is 6.10 Å². The van der Waals surface area contributed by atoms with Crippen LogP contribution >= 0.6 is 0 Å². The van der Waals surface area contributed by atoms with E-state index >= 15 is 0 Å². The quantitative estimate of drug-likeness (QED) is 0.0261. The molecule has 0 bridgehead atoms. The van der Waals surface area contributed by atoms with Gasteiger partial charge in [0, 0.05) is 19.3 Å². The Bertz CT molecular complexity index is 1560. The molecule has 0 spiro atoms. The highest BCUT2D eigenvalue weighted by molar-refractivity contribution is 5.71. The van der Waals surface area contributed by atoms with Gasteiger partial charge < -0.3 is 14.2 Å². The maximum atomic E-state index is 12.9. The summed E-state index contributed by atoms with van der Waals surface area (Å²) in [5.74, 6) is -0.883. The molecule has 0 aliphatic rings. The zero-order chi connectivity index (χ0) is 57.8. The van der Waals surface area contributed by atoms with Crippen LogP contribution in [0.1, 0.15) is 335 Å². The molecule has 0 radical (unpaired) electrons. The van der Waals surface area contributed by atoms with Crippen LogP contribution in [-0.4, -0.2) is 37.2 Å². The molecule has 0 aromatic carbocycles. The van der Waals surface area contributed by atoms with Gasteiger partial charge in [-0.1, -0.05) is 311 Å². The topological polar surface area (TPSA) is 78.9 Å². The van der Waals surface area contributed by atoms with Crippen molar-refractivity contribution < 1.29 is 28.6 Å². The summed E-state index contributed by atoms with van der Waals surface area (Å²) < 4.78 is 16.9. The molecular formula is C74H128O6. The second kappa shape index (κ2) is 67.8. The van der Waals surface area contributed by atoms with Crippen molar-refractivity contribution in [3.05, 3.63) is 97.2 Å². The van der Waals surface area contributed by atoms with Gasteiger partial charge in [0.2, 0.25) is 0 Å². The number of carbonyl (C=O) groups is 3. The first-order valence-electron chi connectivity index (χ1n) is 34.2. The van der Waals surface area contributed by atoms with Gasteiger partial charge in [-0.05, 0) is 103 Å². The van der Waals surface area contributed by atoms with Crippen molar-refractivity contribution in [3.8, 4) is 0 Å². The summed E-state index contributed by atoms with van der Waals surface area (Å²) >= 11 is 0. The molecule has 460 valence electrons. The van der Waals surface area contributed by atoms with Crippen molar-refractivity contribution >= 4 is 17.9 Å². The van der Waals surface area contributed by atoms with E-state index in [1.807, 2.05) is 0 Å². The fraction of sp³-hybridized carbons (Fsp3) is 0.743. The molecule has 1 atom stereocenters. The van der Waals surface area contributed by atoms with Gasteiger partial charge in [-0.2, -0.15) is 0 Å². The normalized spacial score (nSPS) is 12.7. The monoisotopic (exact) mass is 1110 g/mol. The zero-order valence-corrected chi connectivity index (χ0v) is 52.8. The fourth-order valence-electron chi connectivity index (χ4n) is 9.71. The minimum Gasteiger partial charge on any atom is -0.462 e. The molecule has 0 saturated heterocycles. The van der Waals surface area contributed by atoms with Crippen LogP contribution < -0.4 is 0 Å². The third kappa shape index (κ3) is 65.1. The molecule has 6 heteroatoms. The SMILES string of the molecule is CC/C=C\C/C=C\C/C=C\C/C=C\C/C=C\CCCCCCCCCC(=O)OC(COC(=O)CCCCCCCCCC)COC(=O)CCCCCCCCCCCCCCCCCC/C=C\C/C=C\C/C=C\CCCCCCC. The molecule has 0 aliphatic heterocycles. The maximum absolute atomic E-state index is 12.9. The van der Waals surface area contributed by atoms with Crippen molar-refractivity contribution in [2.75, 3.05) is 13.2 Å². The van der Waals surface area contributed by atoms with Gasteiger partial charge in [-0.25, -0.2) is 0 Å². The molecule has 0 heterocycles. The largest absolute Gasteiger partial charge is 0.462 e. The molecule has 0 aliphatic carbocycles. The van der Waals surface area contributed by atoms with E-state index in [-0.39, 0.29) is 31.1 Å². The summed E-state index contributed by atoms with van der Waals surface area (Å²) in [5.41, 5.74) is 0. The molecule has 6 nitrogen and oxygen atoms in total. The van der Waals surface area contributed by atoms with Gasteiger partial charge in [0.1, 0.15) is 13.2 Å². The molecule has 0 saturated carbocycles. The molecule has 1 unspecified atom stereocenters. The first-order chi connectivity index (χ1) is 39.5. The maximum Gasteiger partial charge on any atom is 0.306 e. The molecule has 0 rings (SSSR count). The number of ether oxygens (including phenoxy) is 3. The predicted molar refractivity (Wildman–Crippen MR) is 348 cm³/mol. The third-order valence-electron chi connectivity index (χ3n) is 14.8. The van der Waals surface area contributed by atoms with E-state index in [4.69, 9.17) is 14.2 Å². The van der Waals surface area contributed by atoms with Crippen LogP contribution in [0.15, 0.2) is 97.2 Å². The number of esters is 3. The van der Waals surface area contributed by atoms with Crippen molar-refractivity contribution in [2.24, 2.45) is 0 Å². The Balaban J connectivity index is 4.13. The van der Waals surface area contributed by atoms with Crippen LogP contribution in [0, 0.1) is 0 Å². The number of carbonyl (C=O) groups excluding carboxylic acids is 3. The Hall–Kier alpha value is -3.67. The minimum absolute atomic E-state index is 0.0793. The van der Waals surface area contributed by atoms with E-state index in [9.17, 15) is 14.4 Å². The molecule has 0 amide bonds. The smallest absolute Gasteiger partial charge is 0.306 e. The Kier molecular flexibility index (Phi) is 64.7. The van der Waals surface area contributed by atoms with Crippen molar-refractivity contribution in [1.29, 1.82) is 0 Å². The van der Waals surface area contributed by atoms with Crippen molar-refractivity contribution in [3.63, 3.8) is 0 Å². The van der Waals surface area contributed by atoms with Crippen LogP contribution in [0.3, 0.4) is 0 Å². The number of rotatable bonds is 62. The number of hydrogen-bond acceptors (Lipinski definition) is 6. The molecule has 80 heavy (non-hydrogen) atoms. The van der Waals surface area contributed by atoms with Gasteiger partial charge >= 0.3 is 17.9 Å². The van der Waals surface area contributed by atoms with Crippen LogP contribution in [-0.2, 0) is 28.6 Å². The number of unbranched alkanes of at least 4 members (excludes halogenated alkanes) is 35. The molecule has 0 aromatic heterocycles. The second-order valence-electron chi connectivity index (χ2n) is 22.7. The standard InChI is InChI=1S/C74H128O6/c1-4-7-10-13-16-19-21-23-25-27-29-31-33-34-35-36-37-38-39-40-42-43-45-47-49-51-53-55-58-61-64-67-73(76)79-70-71(69-78-72(75)66-63-60-57-18-15-12-9-6-3)80-74(77)68-65-62-59-56-54-52-50-48-46-44-41-32-30-28-26-24-22-20-17-14-11-8-5-2/h8,11,17,20-21,23-24,26-27,29-30,32-34,44,46,71H,4-7,9-10,12-16,18-19,22,25,28,31,35-43,45,47-70H2,1-3H3/b11-8-,20-17-,23-21-,26-24-,29-27-,32-30-,34-33-,46-44-. The molecule has 0 N–H and O–H groups in total. The van der Waals surface area contributed by atoms with E-state index in [2.05, 4.69) is 118 Å². The van der Waals surface area contributed by atoms with E-state index in [0.29, 0.717) is 19.3 Å². The fourth-order valence-corrected chi connectivity index (χ4v) is 9.71. The van der Waals surface area contributed by atoms with Crippen LogP contribution in [0.2, 0.25) is 0 Å². The first-order valence-corrected chi connectivity index (χ1v) is 34.2. The Morgan fingerprint density at radius 1 is 0.263 bits per heavy atom. The summed E-state index contributed by atoms with van der Waals surface area (Å²) in [6, 6.07) is 0. The lowest BCUT2D eigenvalue weighted by atomic mass is 10.0. The van der Waals surface area contributed by atoms with E-state index < -0.39 is 6.10 Å². The lowest BCUT2D eigenvalue weighted by Crippen LogP contribution is -2.30. The summed E-state index contributed by atoms with van der Waals surface area (Å²) in [5, 5.41) is 0. The summed E-state index contributed by atoms with van der Waals surface area (Å²) in [7, 11) is 0. The van der Waals surface area contributed by atoms with Gasteiger partial charge in [-0.3, -0.25) is 14.4 Å². The molecule has 0 fully saturated rings. The Morgan fingerprint density at radius 2 is 0.487 bits per heavy atom. The van der Waals surface area contributed by atoms with Crippen LogP contribution in [0.5, 0.6) is 0 Å². The Labute approximate surface area is 496 Å². The second-order valence-corrected chi connectivity index (χ2v) is 22.7. The predicted octanol–water partition coefficient (Wildman–Crippen LogP) is 23.6. The van der Waals surface area contributed by atoms with Crippen LogP contribution in [0.4, 0.5) is 0 Å². The van der Waals surface area contributed by atoms with E-state index in [1.54, 1.807) is 0 Å². The number of hydrogen-bond donors (Lipinski definition) is 0. The van der Waals surface area contributed by atoms with E-state index in [1.165, 1.54) is 186 Å². The summed E-state index contributed by atoms with van der Waals surface area (Å²) in [6.45, 7) is 6.51. The summed E-state index contributed by atoms with van der Waals surface area (Å²) in [6.07, 6.45) is 91.6. The highest BCUT2D eigenvalue weighted by Crippen LogP contribution is 2.17. The number of allylic oxidation sites excluding steroid dienone is 16. The Morgan fingerprint density at radius 3 is 0.762 bits per heavy atom.